The van der Waals surface area contributed by atoms with E-state index in [9.17, 15) is 4.79 Å². The number of methoxy groups -OCH3 is 1. The van der Waals surface area contributed by atoms with Gasteiger partial charge in [-0.3, -0.25) is 4.79 Å². The van der Waals surface area contributed by atoms with E-state index in [-0.39, 0.29) is 12.5 Å². The molecule has 0 unspecified atom stereocenters. The van der Waals surface area contributed by atoms with Crippen molar-refractivity contribution in [2.24, 2.45) is 0 Å². The molecular formula is C24H28N2O3S. The standard InChI is InChI=1S/C24H28N2O3S/c1-16(2)21-10-5-17(3)13-22(21)29-14-23(27)25-12-11-19-15-30-24(26-19)18-6-8-20(28-4)9-7-18/h5-10,13,15-16H,11-12,14H2,1-4H3,(H,25,27). The molecule has 0 atom stereocenters. The van der Waals surface area contributed by atoms with E-state index in [0.29, 0.717) is 18.9 Å². The summed E-state index contributed by atoms with van der Waals surface area (Å²) in [5.74, 6) is 1.82. The lowest BCUT2D eigenvalue weighted by Crippen LogP contribution is -2.30. The predicted molar refractivity (Wildman–Crippen MR) is 122 cm³/mol. The Bertz CT molecular complexity index is 980. The molecule has 0 aliphatic carbocycles. The minimum absolute atomic E-state index is 0.0112. The van der Waals surface area contributed by atoms with E-state index in [1.807, 2.05) is 42.6 Å². The van der Waals surface area contributed by atoms with Crippen LogP contribution >= 0.6 is 11.3 Å². The second-order valence-electron chi connectivity index (χ2n) is 7.46. The number of nitrogens with zero attached hydrogens (tertiary/aromatic N) is 1. The smallest absolute Gasteiger partial charge is 0.257 e. The number of rotatable bonds is 9. The fourth-order valence-electron chi connectivity index (χ4n) is 3.06. The van der Waals surface area contributed by atoms with Gasteiger partial charge in [-0.05, 0) is 54.3 Å². The van der Waals surface area contributed by atoms with Crippen molar-refractivity contribution < 1.29 is 14.3 Å². The fourth-order valence-corrected chi connectivity index (χ4v) is 3.92. The van der Waals surface area contributed by atoms with E-state index in [1.54, 1.807) is 18.4 Å². The normalized spacial score (nSPS) is 10.8. The second kappa shape index (κ2) is 10.3. The number of nitrogens with one attached hydrogen (secondary N) is 1. The molecule has 0 spiro atoms. The van der Waals surface area contributed by atoms with Gasteiger partial charge in [-0.2, -0.15) is 0 Å². The number of aromatic nitrogens is 1. The number of hydrogen-bond donors (Lipinski definition) is 1. The molecule has 1 amide bonds. The maximum atomic E-state index is 12.2. The molecule has 0 saturated heterocycles. The average molecular weight is 425 g/mol. The van der Waals surface area contributed by atoms with Crippen LogP contribution in [-0.2, 0) is 11.2 Å². The minimum atomic E-state index is -0.128. The van der Waals surface area contributed by atoms with E-state index < -0.39 is 0 Å². The topological polar surface area (TPSA) is 60.5 Å². The Morgan fingerprint density at radius 3 is 2.63 bits per heavy atom. The molecule has 5 nitrogen and oxygen atoms in total. The van der Waals surface area contributed by atoms with Gasteiger partial charge in [0.05, 0.1) is 12.8 Å². The predicted octanol–water partition coefficient (Wildman–Crippen LogP) is 4.99. The van der Waals surface area contributed by atoms with Crippen LogP contribution in [0.5, 0.6) is 11.5 Å². The summed E-state index contributed by atoms with van der Waals surface area (Å²) in [5.41, 5.74) is 4.25. The van der Waals surface area contributed by atoms with Crippen molar-refractivity contribution in [1.29, 1.82) is 0 Å². The van der Waals surface area contributed by atoms with Crippen LogP contribution in [0.3, 0.4) is 0 Å². The molecule has 1 aromatic heterocycles. The van der Waals surface area contributed by atoms with Gasteiger partial charge >= 0.3 is 0 Å². The molecule has 0 aliphatic rings. The van der Waals surface area contributed by atoms with Crippen LogP contribution in [0.4, 0.5) is 0 Å². The van der Waals surface area contributed by atoms with Gasteiger partial charge in [0.15, 0.2) is 6.61 Å². The summed E-state index contributed by atoms with van der Waals surface area (Å²) in [7, 11) is 1.65. The van der Waals surface area contributed by atoms with Gasteiger partial charge in [0, 0.05) is 23.9 Å². The third-order valence-electron chi connectivity index (χ3n) is 4.74. The first kappa shape index (κ1) is 21.8. The molecule has 30 heavy (non-hydrogen) atoms. The Hall–Kier alpha value is -2.86. The number of ether oxygens (including phenoxy) is 2. The van der Waals surface area contributed by atoms with Crippen LogP contribution in [0.1, 0.15) is 36.6 Å². The fraction of sp³-hybridized carbons (Fsp3) is 0.333. The summed E-state index contributed by atoms with van der Waals surface area (Å²) >= 11 is 1.60. The van der Waals surface area contributed by atoms with E-state index >= 15 is 0 Å². The minimum Gasteiger partial charge on any atom is -0.497 e. The van der Waals surface area contributed by atoms with E-state index in [2.05, 4.69) is 36.3 Å². The first-order valence-corrected chi connectivity index (χ1v) is 10.9. The summed E-state index contributed by atoms with van der Waals surface area (Å²) in [4.78, 5) is 16.9. The van der Waals surface area contributed by atoms with Gasteiger partial charge in [0.1, 0.15) is 16.5 Å². The lowest BCUT2D eigenvalue weighted by atomic mass is 10.0. The van der Waals surface area contributed by atoms with E-state index in [0.717, 1.165) is 38.9 Å². The zero-order chi connectivity index (χ0) is 21.5. The Morgan fingerprint density at radius 1 is 1.17 bits per heavy atom. The van der Waals surface area contributed by atoms with Crippen molar-refractivity contribution in [1.82, 2.24) is 10.3 Å². The Balaban J connectivity index is 1.47. The number of benzene rings is 2. The largest absolute Gasteiger partial charge is 0.497 e. The van der Waals surface area contributed by atoms with Gasteiger partial charge in [-0.25, -0.2) is 4.98 Å². The van der Waals surface area contributed by atoms with Crippen LogP contribution in [0.25, 0.3) is 10.6 Å². The first-order chi connectivity index (χ1) is 14.5. The highest BCUT2D eigenvalue weighted by molar-refractivity contribution is 7.13. The van der Waals surface area contributed by atoms with Crippen molar-refractivity contribution >= 4 is 17.2 Å². The molecule has 0 bridgehead atoms. The Kier molecular flexibility index (Phi) is 7.46. The third kappa shape index (κ3) is 5.83. The number of carbonyl (C=O) groups excluding carboxylic acids is 1. The van der Waals surface area contributed by atoms with Gasteiger partial charge in [-0.15, -0.1) is 11.3 Å². The molecule has 1 N–H and O–H groups in total. The number of aryl methyl sites for hydroxylation is 1. The van der Waals surface area contributed by atoms with Crippen molar-refractivity contribution in [2.75, 3.05) is 20.3 Å². The third-order valence-corrected chi connectivity index (χ3v) is 5.68. The lowest BCUT2D eigenvalue weighted by molar-refractivity contribution is -0.123. The maximum Gasteiger partial charge on any atom is 0.257 e. The van der Waals surface area contributed by atoms with Gasteiger partial charge in [0.2, 0.25) is 0 Å². The molecule has 0 fully saturated rings. The molecule has 3 aromatic rings. The summed E-state index contributed by atoms with van der Waals surface area (Å²) in [6, 6.07) is 14.0. The second-order valence-corrected chi connectivity index (χ2v) is 8.32. The highest BCUT2D eigenvalue weighted by Gasteiger charge is 2.11. The van der Waals surface area contributed by atoms with E-state index in [1.165, 1.54) is 0 Å². The molecule has 0 aliphatic heterocycles. The van der Waals surface area contributed by atoms with Crippen LogP contribution < -0.4 is 14.8 Å². The molecule has 1 heterocycles. The zero-order valence-electron chi connectivity index (χ0n) is 17.9. The number of thiazole rings is 1. The van der Waals surface area contributed by atoms with Crippen molar-refractivity contribution in [3.05, 3.63) is 64.7 Å². The summed E-state index contributed by atoms with van der Waals surface area (Å²) in [5, 5.41) is 5.91. The molecule has 3 rings (SSSR count). The summed E-state index contributed by atoms with van der Waals surface area (Å²) in [6.07, 6.45) is 0.681. The summed E-state index contributed by atoms with van der Waals surface area (Å²) in [6.45, 7) is 6.79. The number of amides is 1. The molecule has 158 valence electrons. The lowest BCUT2D eigenvalue weighted by Gasteiger charge is -2.14. The van der Waals surface area contributed by atoms with Crippen molar-refractivity contribution in [3.63, 3.8) is 0 Å². The van der Waals surface area contributed by atoms with Crippen molar-refractivity contribution in [3.8, 4) is 22.1 Å². The Morgan fingerprint density at radius 2 is 1.93 bits per heavy atom. The first-order valence-electron chi connectivity index (χ1n) is 10.0. The quantitative estimate of drug-likeness (QED) is 0.526. The van der Waals surface area contributed by atoms with Crippen LogP contribution in [0.2, 0.25) is 0 Å². The highest BCUT2D eigenvalue weighted by Crippen LogP contribution is 2.27. The monoisotopic (exact) mass is 424 g/mol. The zero-order valence-corrected chi connectivity index (χ0v) is 18.7. The van der Waals surface area contributed by atoms with E-state index in [4.69, 9.17) is 9.47 Å². The van der Waals surface area contributed by atoms with Crippen LogP contribution in [0.15, 0.2) is 47.8 Å². The van der Waals surface area contributed by atoms with Gasteiger partial charge in [-0.1, -0.05) is 26.0 Å². The molecule has 2 aromatic carbocycles. The molecular weight excluding hydrogens is 396 g/mol. The molecule has 0 radical (unpaired) electrons. The number of carbonyl (C=O) groups is 1. The van der Waals surface area contributed by atoms with Gasteiger partial charge in [0.25, 0.3) is 5.91 Å². The molecule has 0 saturated carbocycles. The highest BCUT2D eigenvalue weighted by atomic mass is 32.1. The molecule has 6 heteroatoms. The average Bonchev–Trinajstić information content (AvgIpc) is 3.21. The summed E-state index contributed by atoms with van der Waals surface area (Å²) < 4.78 is 11.0. The van der Waals surface area contributed by atoms with Gasteiger partial charge < -0.3 is 14.8 Å². The van der Waals surface area contributed by atoms with Crippen LogP contribution in [-0.4, -0.2) is 31.2 Å². The Labute approximate surface area is 182 Å². The van der Waals surface area contributed by atoms with Crippen LogP contribution in [0, 0.1) is 6.92 Å². The number of hydrogen-bond acceptors (Lipinski definition) is 5. The van der Waals surface area contributed by atoms with Crippen molar-refractivity contribution in [2.45, 2.75) is 33.1 Å². The maximum absolute atomic E-state index is 12.2. The SMILES string of the molecule is COc1ccc(-c2nc(CCNC(=O)COc3cc(C)ccc3C(C)C)cs2)cc1.